The molecule has 1 aliphatic rings. The zero-order valence-electron chi connectivity index (χ0n) is 20.9. The van der Waals surface area contributed by atoms with E-state index in [1.54, 1.807) is 48.2 Å². The Bertz CT molecular complexity index is 1460. The lowest BCUT2D eigenvalue weighted by atomic mass is 10.1. The van der Waals surface area contributed by atoms with E-state index in [0.717, 1.165) is 33.4 Å². The van der Waals surface area contributed by atoms with E-state index in [-0.39, 0.29) is 24.2 Å². The Morgan fingerprint density at radius 3 is 2.59 bits per heavy atom. The Hall–Kier alpha value is -4.30. The molecule has 0 radical (unpaired) electrons. The van der Waals surface area contributed by atoms with Crippen molar-refractivity contribution in [3.63, 3.8) is 0 Å². The molecule has 3 N–H and O–H groups in total. The fourth-order valence-electron chi connectivity index (χ4n) is 4.88. The molecule has 1 atom stereocenters. The lowest BCUT2D eigenvalue weighted by Gasteiger charge is -2.20. The summed E-state index contributed by atoms with van der Waals surface area (Å²) >= 11 is 0. The summed E-state index contributed by atoms with van der Waals surface area (Å²) in [6.45, 7) is 1.07. The van der Waals surface area contributed by atoms with Crippen molar-refractivity contribution in [1.82, 2.24) is 14.4 Å². The van der Waals surface area contributed by atoms with E-state index in [4.69, 9.17) is 0 Å². The molecule has 2 heterocycles. The minimum Gasteiger partial charge on any atom is -0.508 e. The van der Waals surface area contributed by atoms with Gasteiger partial charge in [-0.15, -0.1) is 0 Å². The monoisotopic (exact) mass is 498 g/mol. The number of aromatic nitrogens is 1. The van der Waals surface area contributed by atoms with Crippen LogP contribution < -0.4 is 5.32 Å². The number of anilines is 1. The second-order valence-corrected chi connectivity index (χ2v) is 9.55. The van der Waals surface area contributed by atoms with Gasteiger partial charge in [0.15, 0.2) is 0 Å². The molecule has 37 heavy (non-hydrogen) atoms. The number of para-hydroxylation sites is 1. The molecule has 190 valence electrons. The van der Waals surface area contributed by atoms with E-state index < -0.39 is 6.04 Å². The van der Waals surface area contributed by atoms with Gasteiger partial charge in [-0.25, -0.2) is 0 Å². The quantitative estimate of drug-likeness (QED) is 0.379. The summed E-state index contributed by atoms with van der Waals surface area (Å²) in [7, 11) is 3.47. The largest absolute Gasteiger partial charge is 0.508 e. The molecule has 0 spiro atoms. The van der Waals surface area contributed by atoms with E-state index in [1.807, 2.05) is 30.3 Å². The highest BCUT2D eigenvalue weighted by Crippen LogP contribution is 2.26. The van der Waals surface area contributed by atoms with Gasteiger partial charge in [0.05, 0.1) is 13.2 Å². The molecule has 0 saturated carbocycles. The van der Waals surface area contributed by atoms with E-state index in [9.17, 15) is 19.8 Å². The van der Waals surface area contributed by atoms with Crippen LogP contribution in [0.1, 0.15) is 27.2 Å². The van der Waals surface area contributed by atoms with Crippen LogP contribution in [0.4, 0.5) is 5.69 Å². The number of aromatic hydroxyl groups is 1. The number of carbonyl (C=O) groups excluding carboxylic acids is 2. The van der Waals surface area contributed by atoms with Gasteiger partial charge in [0.1, 0.15) is 11.8 Å². The lowest BCUT2D eigenvalue weighted by Crippen LogP contribution is -2.40. The molecule has 3 aromatic carbocycles. The zero-order valence-corrected chi connectivity index (χ0v) is 20.9. The van der Waals surface area contributed by atoms with Gasteiger partial charge >= 0.3 is 0 Å². The smallest absolute Gasteiger partial charge is 0.253 e. The van der Waals surface area contributed by atoms with Gasteiger partial charge in [-0.1, -0.05) is 30.3 Å². The molecule has 4 aromatic rings. The van der Waals surface area contributed by atoms with Crippen LogP contribution in [-0.2, 0) is 24.4 Å². The van der Waals surface area contributed by atoms with Crippen LogP contribution in [0, 0.1) is 0 Å². The summed E-state index contributed by atoms with van der Waals surface area (Å²) in [6.07, 6.45) is 0. The highest BCUT2D eigenvalue weighted by molar-refractivity contribution is 5.95. The van der Waals surface area contributed by atoms with Gasteiger partial charge in [0.25, 0.3) is 5.91 Å². The molecule has 5 rings (SSSR count). The first-order valence-electron chi connectivity index (χ1n) is 12.2. The maximum absolute atomic E-state index is 13.5. The first-order valence-corrected chi connectivity index (χ1v) is 12.2. The van der Waals surface area contributed by atoms with Crippen molar-refractivity contribution >= 4 is 28.4 Å². The standard InChI is InChI=1S/C29H30N4O4/c1-31-16-22-13-21(9-12-25(22)30-26(18-34)29(31)37)28(36)32(2)17-23-14-20-5-3-4-6-27(20)33(23)15-19-7-10-24(35)11-8-19/h3-14,26,30,34-35H,15-18H2,1-2H3. The number of rotatable bonds is 6. The average Bonchev–Trinajstić information content (AvgIpc) is 3.18. The second kappa shape index (κ2) is 9.99. The molecular formula is C29H30N4O4. The van der Waals surface area contributed by atoms with Crippen LogP contribution in [-0.4, -0.2) is 63.1 Å². The predicted octanol–water partition coefficient (Wildman–Crippen LogP) is 3.41. The first kappa shape index (κ1) is 24.4. The number of likely N-dealkylation sites (N-methyl/N-ethyl adjacent to an activating group) is 1. The van der Waals surface area contributed by atoms with Crippen LogP contribution in [0.5, 0.6) is 5.75 Å². The number of benzene rings is 3. The SMILES string of the molecule is CN(Cc1cc2ccccc2n1Cc1ccc(O)cc1)C(=O)c1ccc2c(c1)CN(C)C(=O)C(CO)N2. The maximum Gasteiger partial charge on any atom is 0.253 e. The summed E-state index contributed by atoms with van der Waals surface area (Å²) in [5.41, 5.74) is 5.23. The normalized spacial score (nSPS) is 15.3. The number of hydrogen-bond donors (Lipinski definition) is 3. The van der Waals surface area contributed by atoms with Crippen molar-refractivity contribution in [2.45, 2.75) is 25.7 Å². The van der Waals surface area contributed by atoms with Gasteiger partial charge < -0.3 is 29.9 Å². The molecule has 8 heteroatoms. The van der Waals surface area contributed by atoms with Crippen LogP contribution in [0.2, 0.25) is 0 Å². The minimum absolute atomic E-state index is 0.124. The molecule has 0 bridgehead atoms. The number of nitrogens with one attached hydrogen (secondary N) is 1. The topological polar surface area (TPSA) is 98.0 Å². The second-order valence-electron chi connectivity index (χ2n) is 9.55. The van der Waals surface area contributed by atoms with Crippen molar-refractivity contribution in [1.29, 1.82) is 0 Å². The molecular weight excluding hydrogens is 468 g/mol. The van der Waals surface area contributed by atoms with Crippen LogP contribution in [0.3, 0.4) is 0 Å². The van der Waals surface area contributed by atoms with Crippen molar-refractivity contribution < 1.29 is 19.8 Å². The third-order valence-corrected chi connectivity index (χ3v) is 6.87. The summed E-state index contributed by atoms with van der Waals surface area (Å²) < 4.78 is 2.20. The summed E-state index contributed by atoms with van der Waals surface area (Å²) in [5, 5.41) is 23.4. The number of amides is 2. The number of fused-ring (bicyclic) bond motifs is 2. The number of phenolic OH excluding ortho intramolecular Hbond substituents is 1. The number of hydrogen-bond acceptors (Lipinski definition) is 5. The van der Waals surface area contributed by atoms with Gasteiger partial charge in [0, 0.05) is 49.6 Å². The number of phenols is 1. The molecule has 0 fully saturated rings. The Balaban J connectivity index is 1.41. The Labute approximate surface area is 215 Å². The number of aliphatic hydroxyl groups is 1. The maximum atomic E-state index is 13.5. The number of carbonyl (C=O) groups is 2. The van der Waals surface area contributed by atoms with Crippen molar-refractivity contribution in [2.24, 2.45) is 0 Å². The van der Waals surface area contributed by atoms with Crippen LogP contribution in [0.15, 0.2) is 72.8 Å². The van der Waals surface area contributed by atoms with Gasteiger partial charge in [-0.2, -0.15) is 0 Å². The lowest BCUT2D eigenvalue weighted by molar-refractivity contribution is -0.131. The van der Waals surface area contributed by atoms with Crippen molar-refractivity contribution in [2.75, 3.05) is 26.0 Å². The molecule has 8 nitrogen and oxygen atoms in total. The molecule has 1 aliphatic heterocycles. The number of aliphatic hydroxyl groups excluding tert-OH is 1. The minimum atomic E-state index is -0.703. The van der Waals surface area contributed by atoms with Crippen molar-refractivity contribution in [3.8, 4) is 5.75 Å². The molecule has 2 amide bonds. The molecule has 0 aliphatic carbocycles. The van der Waals surface area contributed by atoms with E-state index >= 15 is 0 Å². The van der Waals surface area contributed by atoms with Gasteiger partial charge in [0.2, 0.25) is 5.91 Å². The van der Waals surface area contributed by atoms with Crippen molar-refractivity contribution in [3.05, 3.63) is 95.2 Å². The van der Waals surface area contributed by atoms with Gasteiger partial charge in [-0.3, -0.25) is 9.59 Å². The summed E-state index contributed by atoms with van der Waals surface area (Å²) in [5.74, 6) is -0.0867. The Kier molecular flexibility index (Phi) is 6.58. The van der Waals surface area contributed by atoms with E-state index in [2.05, 4.69) is 28.1 Å². The third-order valence-electron chi connectivity index (χ3n) is 6.87. The average molecular weight is 499 g/mol. The summed E-state index contributed by atoms with van der Waals surface area (Å²) in [4.78, 5) is 29.1. The molecule has 1 unspecified atom stereocenters. The fourth-order valence-corrected chi connectivity index (χ4v) is 4.88. The van der Waals surface area contributed by atoms with Crippen LogP contribution in [0.25, 0.3) is 10.9 Å². The zero-order chi connectivity index (χ0) is 26.1. The Morgan fingerprint density at radius 2 is 1.84 bits per heavy atom. The van der Waals surface area contributed by atoms with E-state index in [1.165, 1.54) is 0 Å². The molecule has 1 aromatic heterocycles. The molecule has 0 saturated heterocycles. The third kappa shape index (κ3) is 4.88. The summed E-state index contributed by atoms with van der Waals surface area (Å²) in [6, 6.07) is 22.1. The predicted molar refractivity (Wildman–Crippen MR) is 142 cm³/mol. The van der Waals surface area contributed by atoms with E-state index in [0.29, 0.717) is 25.2 Å². The Morgan fingerprint density at radius 1 is 1.08 bits per heavy atom. The number of nitrogens with zero attached hydrogens (tertiary/aromatic N) is 3. The first-order chi connectivity index (χ1) is 17.8. The fraction of sp³-hybridized carbons (Fsp3) is 0.241. The highest BCUT2D eigenvalue weighted by atomic mass is 16.3. The van der Waals surface area contributed by atoms with Crippen LogP contribution >= 0.6 is 0 Å². The highest BCUT2D eigenvalue weighted by Gasteiger charge is 2.27. The van der Waals surface area contributed by atoms with Gasteiger partial charge in [-0.05, 0) is 59.0 Å².